The number of carboxylic acids is 1. The molecule has 0 saturated heterocycles. The number of rotatable bonds is 6. The van der Waals surface area contributed by atoms with Gasteiger partial charge in [0.25, 0.3) is 0 Å². The van der Waals surface area contributed by atoms with Crippen LogP contribution in [0.25, 0.3) is 0 Å². The molecular weight excluding hydrogens is 242 g/mol. The number of hydrogen-bond acceptors (Lipinski definition) is 5. The number of likely N-dealkylation sites (N-methyl/N-ethyl adjacent to an activating group) is 1. The summed E-state index contributed by atoms with van der Waals surface area (Å²) in [5, 5.41) is 13.7. The smallest absolute Gasteiger partial charge is 0.317 e. The van der Waals surface area contributed by atoms with E-state index in [1.165, 1.54) is 16.2 Å². The Bertz CT molecular complexity index is 405. The van der Waals surface area contributed by atoms with Crippen LogP contribution in [-0.4, -0.2) is 46.5 Å². The van der Waals surface area contributed by atoms with Crippen molar-refractivity contribution in [2.45, 2.75) is 13.8 Å². The van der Waals surface area contributed by atoms with E-state index in [0.717, 1.165) is 5.69 Å². The van der Waals surface area contributed by atoms with Crippen molar-refractivity contribution >= 4 is 28.3 Å². The van der Waals surface area contributed by atoms with Crippen LogP contribution in [0.2, 0.25) is 0 Å². The molecule has 0 aliphatic carbocycles. The fraction of sp³-hybridized carbons (Fsp3) is 0.500. The zero-order chi connectivity index (χ0) is 12.8. The van der Waals surface area contributed by atoms with E-state index in [2.05, 4.69) is 10.3 Å². The number of amides is 1. The molecule has 6 nitrogen and oxygen atoms in total. The Morgan fingerprint density at radius 3 is 2.71 bits per heavy atom. The lowest BCUT2D eigenvalue weighted by atomic mass is 10.4. The molecule has 0 bridgehead atoms. The first-order valence-electron chi connectivity index (χ1n) is 5.17. The van der Waals surface area contributed by atoms with Gasteiger partial charge < -0.3 is 10.4 Å². The normalized spacial score (nSPS) is 10.5. The molecule has 0 unspecified atom stereocenters. The summed E-state index contributed by atoms with van der Waals surface area (Å²) in [5.41, 5.74) is 0.850. The van der Waals surface area contributed by atoms with Gasteiger partial charge >= 0.3 is 5.97 Å². The Hall–Kier alpha value is -1.47. The molecule has 0 aliphatic rings. The SMILES string of the molecule is CCN(CC(=O)O)CC(=O)Nc1nc(C)cs1. The lowest BCUT2D eigenvalue weighted by molar-refractivity contribution is -0.138. The molecule has 1 aromatic heterocycles. The van der Waals surface area contributed by atoms with E-state index in [9.17, 15) is 9.59 Å². The van der Waals surface area contributed by atoms with Crippen molar-refractivity contribution in [1.82, 2.24) is 9.88 Å². The molecule has 94 valence electrons. The Balaban J connectivity index is 2.45. The average molecular weight is 257 g/mol. The number of aromatic nitrogens is 1. The highest BCUT2D eigenvalue weighted by Crippen LogP contribution is 2.13. The number of hydrogen-bond donors (Lipinski definition) is 2. The van der Waals surface area contributed by atoms with Gasteiger partial charge in [-0.3, -0.25) is 14.5 Å². The maximum Gasteiger partial charge on any atom is 0.317 e. The van der Waals surface area contributed by atoms with Gasteiger partial charge in [0, 0.05) is 5.38 Å². The van der Waals surface area contributed by atoms with Crippen LogP contribution < -0.4 is 5.32 Å². The number of carboxylic acid groups (broad SMARTS) is 1. The topological polar surface area (TPSA) is 82.5 Å². The largest absolute Gasteiger partial charge is 0.480 e. The molecule has 0 aromatic carbocycles. The van der Waals surface area contributed by atoms with Gasteiger partial charge in [-0.1, -0.05) is 6.92 Å². The quantitative estimate of drug-likeness (QED) is 0.787. The minimum absolute atomic E-state index is 0.0570. The summed E-state index contributed by atoms with van der Waals surface area (Å²) in [6.45, 7) is 4.08. The number of carbonyl (C=O) groups excluding carboxylic acids is 1. The highest BCUT2D eigenvalue weighted by Gasteiger charge is 2.13. The molecule has 0 saturated carbocycles. The van der Waals surface area contributed by atoms with Crippen LogP contribution in [0.4, 0.5) is 5.13 Å². The van der Waals surface area contributed by atoms with Crippen molar-refractivity contribution in [3.63, 3.8) is 0 Å². The molecule has 0 fully saturated rings. The molecule has 1 heterocycles. The molecule has 1 amide bonds. The van der Waals surface area contributed by atoms with E-state index in [-0.39, 0.29) is 19.0 Å². The number of aliphatic carboxylic acids is 1. The van der Waals surface area contributed by atoms with E-state index in [1.807, 2.05) is 19.2 Å². The first-order chi connectivity index (χ1) is 8.01. The Morgan fingerprint density at radius 1 is 1.53 bits per heavy atom. The van der Waals surface area contributed by atoms with E-state index in [4.69, 9.17) is 5.11 Å². The fourth-order valence-corrected chi connectivity index (χ4v) is 1.95. The highest BCUT2D eigenvalue weighted by atomic mass is 32.1. The number of nitrogens with zero attached hydrogens (tertiary/aromatic N) is 2. The van der Waals surface area contributed by atoms with Crippen LogP contribution in [-0.2, 0) is 9.59 Å². The number of thiazole rings is 1. The second-order valence-corrected chi connectivity index (χ2v) is 4.40. The molecule has 0 spiro atoms. The van der Waals surface area contributed by atoms with Gasteiger partial charge in [-0.05, 0) is 13.5 Å². The van der Waals surface area contributed by atoms with Gasteiger partial charge in [0.05, 0.1) is 18.8 Å². The molecule has 17 heavy (non-hydrogen) atoms. The number of carbonyl (C=O) groups is 2. The van der Waals surface area contributed by atoms with Crippen molar-refractivity contribution in [1.29, 1.82) is 0 Å². The summed E-state index contributed by atoms with van der Waals surface area (Å²) in [5.74, 6) is -1.19. The van der Waals surface area contributed by atoms with Crippen LogP contribution in [0.15, 0.2) is 5.38 Å². The second-order valence-electron chi connectivity index (χ2n) is 3.54. The summed E-state index contributed by atoms with van der Waals surface area (Å²) in [7, 11) is 0. The molecule has 0 atom stereocenters. The summed E-state index contributed by atoms with van der Waals surface area (Å²) in [4.78, 5) is 27.8. The van der Waals surface area contributed by atoms with Crippen molar-refractivity contribution < 1.29 is 14.7 Å². The first-order valence-corrected chi connectivity index (χ1v) is 6.05. The average Bonchev–Trinajstić information content (AvgIpc) is 2.62. The van der Waals surface area contributed by atoms with Gasteiger partial charge in [0.2, 0.25) is 5.91 Å². The molecule has 1 aromatic rings. The lowest BCUT2D eigenvalue weighted by Gasteiger charge is -2.16. The van der Waals surface area contributed by atoms with Crippen LogP contribution in [0.5, 0.6) is 0 Å². The van der Waals surface area contributed by atoms with E-state index >= 15 is 0 Å². The van der Waals surface area contributed by atoms with Gasteiger partial charge in [-0.2, -0.15) is 0 Å². The molecule has 1 rings (SSSR count). The van der Waals surface area contributed by atoms with Gasteiger partial charge in [-0.15, -0.1) is 11.3 Å². The maximum absolute atomic E-state index is 11.6. The Kier molecular flexibility index (Phi) is 5.05. The predicted octanol–water partition coefficient (Wildman–Crippen LogP) is 0.797. The molecule has 0 radical (unpaired) electrons. The number of aryl methyl sites for hydroxylation is 1. The molecular formula is C10H15N3O3S. The van der Waals surface area contributed by atoms with E-state index in [0.29, 0.717) is 11.7 Å². The van der Waals surface area contributed by atoms with Crippen LogP contribution in [0, 0.1) is 6.92 Å². The van der Waals surface area contributed by atoms with Gasteiger partial charge in [0.15, 0.2) is 5.13 Å². The minimum Gasteiger partial charge on any atom is -0.480 e. The monoisotopic (exact) mass is 257 g/mol. The second kappa shape index (κ2) is 6.31. The lowest BCUT2D eigenvalue weighted by Crippen LogP contribution is -2.36. The highest BCUT2D eigenvalue weighted by molar-refractivity contribution is 7.13. The van der Waals surface area contributed by atoms with Crippen molar-refractivity contribution in [3.05, 3.63) is 11.1 Å². The zero-order valence-electron chi connectivity index (χ0n) is 9.77. The minimum atomic E-state index is -0.940. The zero-order valence-corrected chi connectivity index (χ0v) is 10.6. The summed E-state index contributed by atoms with van der Waals surface area (Å²) < 4.78 is 0. The molecule has 0 aliphatic heterocycles. The Morgan fingerprint density at radius 2 is 2.24 bits per heavy atom. The first kappa shape index (κ1) is 13.6. The van der Waals surface area contributed by atoms with Crippen LogP contribution in [0.1, 0.15) is 12.6 Å². The van der Waals surface area contributed by atoms with Crippen molar-refractivity contribution in [2.24, 2.45) is 0 Å². The molecule has 7 heteroatoms. The molecule has 2 N–H and O–H groups in total. The summed E-state index contributed by atoms with van der Waals surface area (Å²) in [6, 6.07) is 0. The third kappa shape index (κ3) is 4.92. The van der Waals surface area contributed by atoms with Gasteiger partial charge in [0.1, 0.15) is 0 Å². The van der Waals surface area contributed by atoms with Crippen molar-refractivity contribution in [3.8, 4) is 0 Å². The Labute approximate surface area is 103 Å². The van der Waals surface area contributed by atoms with Crippen LogP contribution >= 0.6 is 11.3 Å². The third-order valence-corrected chi connectivity index (χ3v) is 2.91. The number of nitrogens with one attached hydrogen (secondary N) is 1. The van der Waals surface area contributed by atoms with E-state index in [1.54, 1.807) is 0 Å². The maximum atomic E-state index is 11.6. The van der Waals surface area contributed by atoms with E-state index < -0.39 is 5.97 Å². The predicted molar refractivity (Wildman–Crippen MR) is 65.2 cm³/mol. The van der Waals surface area contributed by atoms with Crippen molar-refractivity contribution in [2.75, 3.05) is 25.0 Å². The third-order valence-electron chi connectivity index (χ3n) is 2.04. The number of anilines is 1. The summed E-state index contributed by atoms with van der Waals surface area (Å²) in [6.07, 6.45) is 0. The van der Waals surface area contributed by atoms with Crippen LogP contribution in [0.3, 0.4) is 0 Å². The van der Waals surface area contributed by atoms with Gasteiger partial charge in [-0.25, -0.2) is 4.98 Å². The fourth-order valence-electron chi connectivity index (χ4n) is 1.24. The summed E-state index contributed by atoms with van der Waals surface area (Å²) >= 11 is 1.35. The standard InChI is InChI=1S/C10H15N3O3S/c1-3-13(5-9(15)16)4-8(14)12-10-11-7(2)6-17-10/h6H,3-5H2,1-2H3,(H,15,16)(H,11,12,14).